The lowest BCUT2D eigenvalue weighted by Gasteiger charge is -2.60. The van der Waals surface area contributed by atoms with Crippen molar-refractivity contribution in [2.45, 2.75) is 39.5 Å². The van der Waals surface area contributed by atoms with E-state index in [1.807, 2.05) is 0 Å². The van der Waals surface area contributed by atoms with Crippen molar-refractivity contribution >= 4 is 5.91 Å². The van der Waals surface area contributed by atoms with Gasteiger partial charge in [0.25, 0.3) is 0 Å². The topological polar surface area (TPSA) is 20.3 Å². The van der Waals surface area contributed by atoms with E-state index < -0.39 is 0 Å². The standard InChI is InChI=1S/C13H21NO/c1-9(2)11-5-13(6-11)7-14(8-13)12(15)10-3-4-10/h9-11H,3-8H2,1-2H3. The Morgan fingerprint density at radius 2 is 1.87 bits per heavy atom. The van der Waals surface area contributed by atoms with Crippen molar-refractivity contribution in [3.05, 3.63) is 0 Å². The Kier molecular flexibility index (Phi) is 1.93. The Morgan fingerprint density at radius 1 is 1.27 bits per heavy atom. The minimum Gasteiger partial charge on any atom is -0.341 e. The maximum absolute atomic E-state index is 11.8. The zero-order valence-corrected chi connectivity index (χ0v) is 9.83. The zero-order valence-electron chi connectivity index (χ0n) is 9.83. The molecule has 2 heteroatoms. The van der Waals surface area contributed by atoms with E-state index in [4.69, 9.17) is 0 Å². The van der Waals surface area contributed by atoms with Gasteiger partial charge in [0.2, 0.25) is 5.91 Å². The van der Waals surface area contributed by atoms with E-state index >= 15 is 0 Å². The summed E-state index contributed by atoms with van der Waals surface area (Å²) >= 11 is 0. The van der Waals surface area contributed by atoms with Gasteiger partial charge < -0.3 is 4.90 Å². The van der Waals surface area contributed by atoms with Crippen molar-refractivity contribution in [3.63, 3.8) is 0 Å². The summed E-state index contributed by atoms with van der Waals surface area (Å²) in [4.78, 5) is 13.9. The van der Waals surface area contributed by atoms with Crippen molar-refractivity contribution < 1.29 is 4.79 Å². The average molecular weight is 207 g/mol. The minimum absolute atomic E-state index is 0.420. The first-order chi connectivity index (χ1) is 7.10. The van der Waals surface area contributed by atoms with Gasteiger partial charge in [-0.05, 0) is 37.5 Å². The van der Waals surface area contributed by atoms with Gasteiger partial charge in [0.15, 0.2) is 0 Å². The fourth-order valence-corrected chi connectivity index (χ4v) is 3.29. The van der Waals surface area contributed by atoms with Crippen molar-refractivity contribution in [1.29, 1.82) is 0 Å². The largest absolute Gasteiger partial charge is 0.341 e. The van der Waals surface area contributed by atoms with Crippen LogP contribution >= 0.6 is 0 Å². The molecule has 1 aliphatic heterocycles. The van der Waals surface area contributed by atoms with Crippen molar-refractivity contribution in [3.8, 4) is 0 Å². The first-order valence-corrected chi connectivity index (χ1v) is 6.38. The number of rotatable bonds is 2. The second-order valence-corrected chi connectivity index (χ2v) is 6.38. The normalized spacial score (nSPS) is 29.1. The van der Waals surface area contributed by atoms with E-state index in [-0.39, 0.29) is 0 Å². The molecular weight excluding hydrogens is 186 g/mol. The molecule has 3 fully saturated rings. The molecule has 0 N–H and O–H groups in total. The van der Waals surface area contributed by atoms with E-state index in [0.717, 1.165) is 37.8 Å². The number of amides is 1. The predicted octanol–water partition coefficient (Wildman–Crippen LogP) is 2.29. The summed E-state index contributed by atoms with van der Waals surface area (Å²) in [6, 6.07) is 0. The van der Waals surface area contributed by atoms with E-state index in [0.29, 0.717) is 17.2 Å². The van der Waals surface area contributed by atoms with Crippen LogP contribution in [0, 0.1) is 23.2 Å². The lowest BCUT2D eigenvalue weighted by Crippen LogP contribution is -2.64. The molecule has 3 rings (SSSR count). The van der Waals surface area contributed by atoms with E-state index in [1.165, 1.54) is 12.8 Å². The summed E-state index contributed by atoms with van der Waals surface area (Å²) in [6.07, 6.45) is 5.05. The van der Waals surface area contributed by atoms with Gasteiger partial charge in [-0.15, -0.1) is 0 Å². The van der Waals surface area contributed by atoms with Crippen LogP contribution in [0.2, 0.25) is 0 Å². The quantitative estimate of drug-likeness (QED) is 0.680. The highest BCUT2D eigenvalue weighted by Gasteiger charge is 2.55. The van der Waals surface area contributed by atoms with Gasteiger partial charge in [-0.3, -0.25) is 4.79 Å². The van der Waals surface area contributed by atoms with E-state index in [1.54, 1.807) is 0 Å². The van der Waals surface area contributed by atoms with Crippen molar-refractivity contribution in [2.75, 3.05) is 13.1 Å². The highest BCUT2D eigenvalue weighted by atomic mass is 16.2. The van der Waals surface area contributed by atoms with Gasteiger partial charge in [0, 0.05) is 24.4 Å². The maximum Gasteiger partial charge on any atom is 0.225 e. The lowest BCUT2D eigenvalue weighted by atomic mass is 9.55. The Balaban J connectivity index is 1.48. The van der Waals surface area contributed by atoms with Crippen LogP contribution < -0.4 is 0 Å². The Bertz CT molecular complexity index is 279. The number of carbonyl (C=O) groups is 1. The number of nitrogens with zero attached hydrogens (tertiary/aromatic N) is 1. The molecule has 0 atom stereocenters. The van der Waals surface area contributed by atoms with Crippen LogP contribution in [0.15, 0.2) is 0 Å². The van der Waals surface area contributed by atoms with Gasteiger partial charge in [-0.25, -0.2) is 0 Å². The lowest BCUT2D eigenvalue weighted by molar-refractivity contribution is -0.158. The molecule has 1 heterocycles. The summed E-state index contributed by atoms with van der Waals surface area (Å²) < 4.78 is 0. The van der Waals surface area contributed by atoms with Gasteiger partial charge in [-0.2, -0.15) is 0 Å². The molecule has 1 spiro atoms. The van der Waals surface area contributed by atoms with Crippen LogP contribution in [0.3, 0.4) is 0 Å². The molecule has 15 heavy (non-hydrogen) atoms. The molecule has 1 saturated heterocycles. The third kappa shape index (κ3) is 1.49. The van der Waals surface area contributed by atoms with Gasteiger partial charge in [-0.1, -0.05) is 13.8 Å². The van der Waals surface area contributed by atoms with Crippen LogP contribution in [0.4, 0.5) is 0 Å². The number of hydrogen-bond donors (Lipinski definition) is 0. The summed E-state index contributed by atoms with van der Waals surface area (Å²) in [6.45, 7) is 6.80. The molecule has 0 bridgehead atoms. The Hall–Kier alpha value is -0.530. The first kappa shape index (κ1) is 9.68. The number of hydrogen-bond acceptors (Lipinski definition) is 1. The van der Waals surface area contributed by atoms with Gasteiger partial charge in [0.05, 0.1) is 0 Å². The molecule has 84 valence electrons. The molecule has 2 aliphatic carbocycles. The molecule has 0 aromatic rings. The van der Waals surface area contributed by atoms with E-state index in [9.17, 15) is 4.79 Å². The summed E-state index contributed by atoms with van der Waals surface area (Å²) in [5, 5.41) is 0. The molecule has 2 saturated carbocycles. The molecule has 0 aromatic carbocycles. The summed E-state index contributed by atoms with van der Waals surface area (Å²) in [5.74, 6) is 2.64. The van der Waals surface area contributed by atoms with Crippen molar-refractivity contribution in [2.24, 2.45) is 23.2 Å². The smallest absolute Gasteiger partial charge is 0.225 e. The summed E-state index contributed by atoms with van der Waals surface area (Å²) in [5.41, 5.74) is 0.569. The predicted molar refractivity (Wildman–Crippen MR) is 59.3 cm³/mol. The Morgan fingerprint density at radius 3 is 2.33 bits per heavy atom. The highest BCUT2D eigenvalue weighted by Crippen LogP contribution is 2.54. The van der Waals surface area contributed by atoms with Crippen LogP contribution in [-0.2, 0) is 4.79 Å². The molecule has 1 amide bonds. The Labute approximate surface area is 92.0 Å². The third-order valence-corrected chi connectivity index (χ3v) is 4.62. The van der Waals surface area contributed by atoms with Crippen LogP contribution in [0.25, 0.3) is 0 Å². The zero-order chi connectivity index (χ0) is 10.6. The third-order valence-electron chi connectivity index (χ3n) is 4.62. The second-order valence-electron chi connectivity index (χ2n) is 6.38. The van der Waals surface area contributed by atoms with Crippen molar-refractivity contribution in [1.82, 2.24) is 4.90 Å². The maximum atomic E-state index is 11.8. The highest BCUT2D eigenvalue weighted by molar-refractivity contribution is 5.82. The number of carbonyl (C=O) groups excluding carboxylic acids is 1. The molecule has 3 aliphatic rings. The number of likely N-dealkylation sites (tertiary alicyclic amines) is 1. The SMILES string of the molecule is CC(C)C1CC2(C1)CN(C(=O)C1CC1)C2. The molecular formula is C13H21NO. The van der Waals surface area contributed by atoms with Crippen LogP contribution in [0.5, 0.6) is 0 Å². The molecule has 0 radical (unpaired) electrons. The van der Waals surface area contributed by atoms with Gasteiger partial charge in [0.1, 0.15) is 0 Å². The van der Waals surface area contributed by atoms with Crippen LogP contribution in [0.1, 0.15) is 39.5 Å². The summed E-state index contributed by atoms with van der Waals surface area (Å²) in [7, 11) is 0. The van der Waals surface area contributed by atoms with E-state index in [2.05, 4.69) is 18.7 Å². The second kappa shape index (κ2) is 2.99. The van der Waals surface area contributed by atoms with Gasteiger partial charge >= 0.3 is 0 Å². The fourth-order valence-electron chi connectivity index (χ4n) is 3.29. The first-order valence-electron chi connectivity index (χ1n) is 6.38. The van der Waals surface area contributed by atoms with Crippen LogP contribution in [-0.4, -0.2) is 23.9 Å². The molecule has 2 nitrogen and oxygen atoms in total. The molecule has 0 unspecified atom stereocenters. The minimum atomic E-state index is 0.420. The molecule has 0 aromatic heterocycles. The monoisotopic (exact) mass is 207 g/mol. The average Bonchev–Trinajstić information content (AvgIpc) is 2.78. The fraction of sp³-hybridized carbons (Fsp3) is 0.923.